The summed E-state index contributed by atoms with van der Waals surface area (Å²) in [5, 5.41) is 12.6. The van der Waals surface area contributed by atoms with Crippen molar-refractivity contribution in [2.75, 3.05) is 10.0 Å². The summed E-state index contributed by atoms with van der Waals surface area (Å²) in [5.41, 5.74) is 1.11. The Kier molecular flexibility index (Phi) is 5.38. The molecule has 27 heavy (non-hydrogen) atoms. The van der Waals surface area contributed by atoms with E-state index in [1.165, 1.54) is 18.3 Å². The fraction of sp³-hybridized carbons (Fsp3) is 0.118. The van der Waals surface area contributed by atoms with Gasteiger partial charge in [0, 0.05) is 11.9 Å². The molecule has 0 bridgehead atoms. The Hall–Kier alpha value is -2.98. The Labute approximate surface area is 160 Å². The van der Waals surface area contributed by atoms with Crippen molar-refractivity contribution in [3.8, 4) is 0 Å². The molecule has 2 aromatic heterocycles. The number of hydrogen-bond donors (Lipinski definition) is 3. The highest BCUT2D eigenvalue weighted by molar-refractivity contribution is 7.92. The van der Waals surface area contributed by atoms with Crippen molar-refractivity contribution in [1.82, 2.24) is 9.97 Å². The molecule has 0 amide bonds. The summed E-state index contributed by atoms with van der Waals surface area (Å²) in [5.74, 6) is -0.782. The lowest BCUT2D eigenvalue weighted by atomic mass is 10.3. The van der Waals surface area contributed by atoms with Crippen molar-refractivity contribution in [3.63, 3.8) is 0 Å². The first kappa shape index (κ1) is 18.8. The molecule has 0 spiro atoms. The number of nitrogens with zero attached hydrogens (tertiary/aromatic N) is 2. The van der Waals surface area contributed by atoms with Gasteiger partial charge in [-0.3, -0.25) is 4.72 Å². The largest absolute Gasteiger partial charge is 0.477 e. The summed E-state index contributed by atoms with van der Waals surface area (Å²) in [4.78, 5) is 19.7. The number of nitrogens with one attached hydrogen (secondary N) is 2. The van der Waals surface area contributed by atoms with Crippen molar-refractivity contribution in [2.24, 2.45) is 0 Å². The number of carbonyl (C=O) groups is 1. The molecule has 0 aliphatic heterocycles. The second-order valence-corrected chi connectivity index (χ2v) is 8.10. The lowest BCUT2D eigenvalue weighted by molar-refractivity contribution is 0.0700. The summed E-state index contributed by atoms with van der Waals surface area (Å²) in [6.07, 6.45) is 2.00. The zero-order chi connectivity index (χ0) is 19.4. The number of anilines is 3. The smallest absolute Gasteiger partial charge is 0.347 e. The first-order valence-electron chi connectivity index (χ1n) is 7.93. The average molecular weight is 404 g/mol. The monoisotopic (exact) mass is 404 g/mol. The molecule has 0 radical (unpaired) electrons. The molecule has 3 aromatic rings. The van der Waals surface area contributed by atoms with Gasteiger partial charge in [0.2, 0.25) is 0 Å². The van der Waals surface area contributed by atoms with Crippen LogP contribution in [0.4, 0.5) is 16.6 Å². The van der Waals surface area contributed by atoms with Crippen molar-refractivity contribution < 1.29 is 18.3 Å². The maximum absolute atomic E-state index is 12.4. The molecule has 0 aliphatic carbocycles. The van der Waals surface area contributed by atoms with Gasteiger partial charge in [-0.05, 0) is 42.8 Å². The van der Waals surface area contributed by atoms with Crippen LogP contribution in [-0.2, 0) is 16.4 Å². The highest BCUT2D eigenvalue weighted by Gasteiger charge is 2.17. The maximum atomic E-state index is 12.4. The van der Waals surface area contributed by atoms with Crippen LogP contribution in [0, 0.1) is 0 Å². The van der Waals surface area contributed by atoms with E-state index in [1.807, 2.05) is 6.92 Å². The van der Waals surface area contributed by atoms with Crippen molar-refractivity contribution in [3.05, 3.63) is 59.2 Å². The normalized spacial score (nSPS) is 11.1. The number of rotatable bonds is 7. The predicted octanol–water partition coefficient (Wildman–Crippen LogP) is 3.34. The van der Waals surface area contributed by atoms with Crippen LogP contribution in [0.5, 0.6) is 0 Å². The third-order valence-corrected chi connectivity index (χ3v) is 5.92. The van der Waals surface area contributed by atoms with Gasteiger partial charge in [0.05, 0.1) is 10.6 Å². The maximum Gasteiger partial charge on any atom is 0.347 e. The second kappa shape index (κ2) is 7.72. The number of sulfonamides is 1. The molecule has 0 aliphatic rings. The fourth-order valence-electron chi connectivity index (χ4n) is 2.27. The number of carboxylic acids is 1. The molecule has 1 aromatic carbocycles. The highest BCUT2D eigenvalue weighted by Crippen LogP contribution is 2.27. The van der Waals surface area contributed by atoms with E-state index in [1.54, 1.807) is 30.3 Å². The van der Waals surface area contributed by atoms with E-state index in [2.05, 4.69) is 20.0 Å². The van der Waals surface area contributed by atoms with Crippen LogP contribution in [-0.4, -0.2) is 29.5 Å². The molecule has 10 heteroatoms. The van der Waals surface area contributed by atoms with Gasteiger partial charge in [-0.2, -0.15) is 0 Å². The van der Waals surface area contributed by atoms with Crippen LogP contribution in [0.15, 0.2) is 53.6 Å². The first-order valence-corrected chi connectivity index (χ1v) is 10.2. The minimum atomic E-state index is -3.75. The second-order valence-electron chi connectivity index (χ2n) is 5.42. The molecule has 3 rings (SSSR count). The SMILES string of the molecule is CCc1nc(Nc2ccc(S(=O)(=O)Nc3ccccn3)cc2)sc1C(=O)O. The Morgan fingerprint density at radius 2 is 1.93 bits per heavy atom. The summed E-state index contributed by atoms with van der Waals surface area (Å²) in [6, 6.07) is 11.0. The summed E-state index contributed by atoms with van der Waals surface area (Å²) in [7, 11) is -3.75. The number of thiazole rings is 1. The van der Waals surface area contributed by atoms with Crippen molar-refractivity contribution in [1.29, 1.82) is 0 Å². The third kappa shape index (κ3) is 4.41. The minimum Gasteiger partial charge on any atom is -0.477 e. The van der Waals surface area contributed by atoms with E-state index in [0.717, 1.165) is 11.3 Å². The molecule has 140 valence electrons. The van der Waals surface area contributed by atoms with Gasteiger partial charge in [-0.1, -0.05) is 24.3 Å². The van der Waals surface area contributed by atoms with E-state index in [0.29, 0.717) is 22.9 Å². The molecular weight excluding hydrogens is 388 g/mol. The van der Waals surface area contributed by atoms with Crippen molar-refractivity contribution >= 4 is 44.0 Å². The number of aromatic nitrogens is 2. The zero-order valence-electron chi connectivity index (χ0n) is 14.2. The van der Waals surface area contributed by atoms with Gasteiger partial charge < -0.3 is 10.4 Å². The molecule has 0 atom stereocenters. The van der Waals surface area contributed by atoms with E-state index < -0.39 is 16.0 Å². The van der Waals surface area contributed by atoms with Crippen LogP contribution in [0.25, 0.3) is 0 Å². The van der Waals surface area contributed by atoms with Gasteiger partial charge in [-0.25, -0.2) is 23.2 Å². The highest BCUT2D eigenvalue weighted by atomic mass is 32.2. The number of carboxylic acid groups (broad SMARTS) is 1. The van der Waals surface area contributed by atoms with E-state index in [-0.39, 0.29) is 15.6 Å². The summed E-state index contributed by atoms with van der Waals surface area (Å²) < 4.78 is 27.2. The Bertz CT molecular complexity index is 1050. The Balaban J connectivity index is 1.76. The van der Waals surface area contributed by atoms with E-state index in [9.17, 15) is 18.3 Å². The van der Waals surface area contributed by atoms with Crippen LogP contribution in [0.2, 0.25) is 0 Å². The van der Waals surface area contributed by atoms with Gasteiger partial charge in [0.15, 0.2) is 5.13 Å². The number of pyridine rings is 1. The average Bonchev–Trinajstić information content (AvgIpc) is 3.06. The summed E-state index contributed by atoms with van der Waals surface area (Å²) in [6.45, 7) is 1.83. The lowest BCUT2D eigenvalue weighted by Crippen LogP contribution is -2.13. The Morgan fingerprint density at radius 1 is 1.19 bits per heavy atom. The first-order chi connectivity index (χ1) is 12.9. The predicted molar refractivity (Wildman–Crippen MR) is 103 cm³/mol. The van der Waals surface area contributed by atoms with Crippen LogP contribution in [0.1, 0.15) is 22.3 Å². The minimum absolute atomic E-state index is 0.0818. The van der Waals surface area contributed by atoms with E-state index in [4.69, 9.17) is 0 Å². The Morgan fingerprint density at radius 3 is 2.48 bits per heavy atom. The topological polar surface area (TPSA) is 121 Å². The molecule has 2 heterocycles. The van der Waals surface area contributed by atoms with Crippen LogP contribution < -0.4 is 10.0 Å². The van der Waals surface area contributed by atoms with Gasteiger partial charge in [0.25, 0.3) is 10.0 Å². The molecule has 8 nitrogen and oxygen atoms in total. The van der Waals surface area contributed by atoms with Gasteiger partial charge in [0.1, 0.15) is 10.7 Å². The number of aryl methyl sites for hydroxylation is 1. The molecule has 0 saturated heterocycles. The van der Waals surface area contributed by atoms with E-state index >= 15 is 0 Å². The molecule has 0 saturated carbocycles. The quantitative estimate of drug-likeness (QED) is 0.552. The number of hydrogen-bond acceptors (Lipinski definition) is 7. The third-order valence-electron chi connectivity index (χ3n) is 3.55. The zero-order valence-corrected chi connectivity index (χ0v) is 15.8. The van der Waals surface area contributed by atoms with Crippen LogP contribution >= 0.6 is 11.3 Å². The molecule has 0 fully saturated rings. The molecule has 3 N–H and O–H groups in total. The van der Waals surface area contributed by atoms with Crippen molar-refractivity contribution in [2.45, 2.75) is 18.2 Å². The fourth-order valence-corrected chi connectivity index (χ4v) is 4.19. The van der Waals surface area contributed by atoms with Gasteiger partial charge in [-0.15, -0.1) is 0 Å². The molecule has 0 unspecified atom stereocenters. The molecular formula is C17H16N4O4S2. The van der Waals surface area contributed by atoms with Gasteiger partial charge >= 0.3 is 5.97 Å². The standard InChI is InChI=1S/C17H16N4O4S2/c1-2-13-15(16(22)23)26-17(20-13)19-11-6-8-12(9-7-11)27(24,25)21-14-5-3-4-10-18-14/h3-10H,2H2,1H3,(H,18,21)(H,19,20)(H,22,23). The number of aromatic carboxylic acids is 1. The summed E-state index contributed by atoms with van der Waals surface area (Å²) >= 11 is 1.04. The number of benzene rings is 1. The lowest BCUT2D eigenvalue weighted by Gasteiger charge is -2.08. The van der Waals surface area contributed by atoms with Crippen LogP contribution in [0.3, 0.4) is 0 Å².